The van der Waals surface area contributed by atoms with Crippen molar-refractivity contribution in [2.45, 2.75) is 45.6 Å². The molecule has 5 heteroatoms. The lowest BCUT2D eigenvalue weighted by molar-refractivity contribution is 0.316. The van der Waals surface area contributed by atoms with E-state index in [0.717, 1.165) is 24.9 Å². The van der Waals surface area contributed by atoms with Gasteiger partial charge in [-0.3, -0.25) is 4.98 Å². The highest BCUT2D eigenvalue weighted by atomic mass is 16.5. The van der Waals surface area contributed by atoms with Crippen LogP contribution in [0.2, 0.25) is 0 Å². The van der Waals surface area contributed by atoms with Gasteiger partial charge >= 0.3 is 0 Å². The Bertz CT molecular complexity index is 512. The third-order valence-corrected chi connectivity index (χ3v) is 3.46. The zero-order valence-electron chi connectivity index (χ0n) is 12.3. The molecule has 2 unspecified atom stereocenters. The summed E-state index contributed by atoms with van der Waals surface area (Å²) < 4.78 is 5.45. The Balaban J connectivity index is 2.14. The van der Waals surface area contributed by atoms with Crippen molar-refractivity contribution >= 4 is 0 Å². The molecule has 108 valence electrons. The molecule has 0 fully saturated rings. The third kappa shape index (κ3) is 3.42. The Morgan fingerprint density at radius 3 is 2.65 bits per heavy atom. The monoisotopic (exact) mass is 274 g/mol. The van der Waals surface area contributed by atoms with Gasteiger partial charge in [0.1, 0.15) is 0 Å². The predicted molar refractivity (Wildman–Crippen MR) is 78.3 cm³/mol. The Kier molecular flexibility index (Phi) is 5.24. The fourth-order valence-electron chi connectivity index (χ4n) is 2.26. The standard InChI is InChI=1S/C15H22N4O/c1-4-8-17-11(3)13(5-2)15-18-14(19-20-15)12-6-9-16-10-7-12/h6-7,9-11,13,17H,4-5,8H2,1-3H3. The largest absolute Gasteiger partial charge is 0.339 e. The van der Waals surface area contributed by atoms with Crippen molar-refractivity contribution in [3.05, 3.63) is 30.4 Å². The Labute approximate surface area is 119 Å². The van der Waals surface area contributed by atoms with Gasteiger partial charge in [0, 0.05) is 24.0 Å². The number of hydrogen-bond donors (Lipinski definition) is 1. The minimum atomic E-state index is 0.240. The third-order valence-electron chi connectivity index (χ3n) is 3.46. The van der Waals surface area contributed by atoms with Gasteiger partial charge in [-0.25, -0.2) is 0 Å². The molecule has 0 radical (unpaired) electrons. The van der Waals surface area contributed by atoms with Crippen LogP contribution in [0.4, 0.5) is 0 Å². The number of hydrogen-bond acceptors (Lipinski definition) is 5. The van der Waals surface area contributed by atoms with Crippen LogP contribution in [-0.2, 0) is 0 Å². The molecule has 0 aromatic carbocycles. The smallest absolute Gasteiger partial charge is 0.231 e. The summed E-state index contributed by atoms with van der Waals surface area (Å²) >= 11 is 0. The molecule has 0 aliphatic rings. The summed E-state index contributed by atoms with van der Waals surface area (Å²) in [5.41, 5.74) is 0.930. The van der Waals surface area contributed by atoms with Crippen LogP contribution >= 0.6 is 0 Å². The zero-order valence-corrected chi connectivity index (χ0v) is 12.3. The van der Waals surface area contributed by atoms with Gasteiger partial charge in [0.2, 0.25) is 11.7 Å². The average Bonchev–Trinajstić information content (AvgIpc) is 2.96. The lowest BCUT2D eigenvalue weighted by Crippen LogP contribution is -2.32. The van der Waals surface area contributed by atoms with Crippen molar-refractivity contribution in [1.82, 2.24) is 20.4 Å². The molecule has 2 rings (SSSR count). The van der Waals surface area contributed by atoms with Crippen LogP contribution < -0.4 is 5.32 Å². The first kappa shape index (κ1) is 14.7. The van der Waals surface area contributed by atoms with E-state index in [-0.39, 0.29) is 5.92 Å². The lowest BCUT2D eigenvalue weighted by Gasteiger charge is -2.20. The van der Waals surface area contributed by atoms with E-state index in [1.54, 1.807) is 12.4 Å². The maximum Gasteiger partial charge on any atom is 0.231 e. The Hall–Kier alpha value is -1.75. The number of pyridine rings is 1. The van der Waals surface area contributed by atoms with Gasteiger partial charge in [-0.1, -0.05) is 19.0 Å². The van der Waals surface area contributed by atoms with Crippen LogP contribution in [0.5, 0.6) is 0 Å². The lowest BCUT2D eigenvalue weighted by atomic mass is 9.98. The first-order chi connectivity index (χ1) is 9.76. The summed E-state index contributed by atoms with van der Waals surface area (Å²) in [6, 6.07) is 4.09. The molecule has 2 aromatic heterocycles. The minimum Gasteiger partial charge on any atom is -0.339 e. The van der Waals surface area contributed by atoms with Crippen molar-refractivity contribution < 1.29 is 4.52 Å². The molecular weight excluding hydrogens is 252 g/mol. The molecule has 0 spiro atoms. The van der Waals surface area contributed by atoms with Crippen molar-refractivity contribution in [3.63, 3.8) is 0 Å². The summed E-state index contributed by atoms with van der Waals surface area (Å²) in [5.74, 6) is 1.57. The summed E-state index contributed by atoms with van der Waals surface area (Å²) in [5, 5.41) is 7.57. The predicted octanol–water partition coefficient (Wildman–Crippen LogP) is 3.01. The molecule has 2 atom stereocenters. The molecule has 2 heterocycles. The van der Waals surface area contributed by atoms with Crippen molar-refractivity contribution in [2.75, 3.05) is 6.54 Å². The Morgan fingerprint density at radius 2 is 2.00 bits per heavy atom. The van der Waals surface area contributed by atoms with E-state index >= 15 is 0 Å². The molecule has 0 saturated carbocycles. The first-order valence-corrected chi connectivity index (χ1v) is 7.23. The van der Waals surface area contributed by atoms with E-state index in [0.29, 0.717) is 17.8 Å². The van der Waals surface area contributed by atoms with Crippen LogP contribution in [0.25, 0.3) is 11.4 Å². The minimum absolute atomic E-state index is 0.240. The number of aromatic nitrogens is 3. The molecular formula is C15H22N4O. The summed E-state index contributed by atoms with van der Waals surface area (Å²) in [6.07, 6.45) is 5.55. The molecule has 1 N–H and O–H groups in total. The van der Waals surface area contributed by atoms with Gasteiger partial charge in [0.05, 0.1) is 5.92 Å². The van der Waals surface area contributed by atoms with Crippen LogP contribution in [-0.4, -0.2) is 27.7 Å². The highest BCUT2D eigenvalue weighted by Gasteiger charge is 2.23. The van der Waals surface area contributed by atoms with E-state index in [1.807, 2.05) is 12.1 Å². The number of rotatable bonds is 7. The van der Waals surface area contributed by atoms with Crippen molar-refractivity contribution in [2.24, 2.45) is 0 Å². The zero-order chi connectivity index (χ0) is 14.4. The van der Waals surface area contributed by atoms with Crippen LogP contribution in [0, 0.1) is 0 Å². The first-order valence-electron chi connectivity index (χ1n) is 7.23. The summed E-state index contributed by atoms with van der Waals surface area (Å²) in [4.78, 5) is 8.53. The number of nitrogens with zero attached hydrogens (tertiary/aromatic N) is 3. The quantitative estimate of drug-likeness (QED) is 0.840. The van der Waals surface area contributed by atoms with Gasteiger partial charge in [0.15, 0.2) is 0 Å². The van der Waals surface area contributed by atoms with Gasteiger partial charge in [0.25, 0.3) is 0 Å². The topological polar surface area (TPSA) is 63.8 Å². The molecule has 20 heavy (non-hydrogen) atoms. The van der Waals surface area contributed by atoms with E-state index in [2.05, 4.69) is 41.2 Å². The summed E-state index contributed by atoms with van der Waals surface area (Å²) in [7, 11) is 0. The fraction of sp³-hybridized carbons (Fsp3) is 0.533. The van der Waals surface area contributed by atoms with Crippen LogP contribution in [0.3, 0.4) is 0 Å². The van der Waals surface area contributed by atoms with Gasteiger partial charge < -0.3 is 9.84 Å². The SMILES string of the molecule is CCCNC(C)C(CC)c1nc(-c2ccncc2)no1. The molecule has 0 bridgehead atoms. The molecule has 0 aliphatic heterocycles. The highest BCUT2D eigenvalue weighted by Crippen LogP contribution is 2.24. The van der Waals surface area contributed by atoms with E-state index in [1.165, 1.54) is 0 Å². The second kappa shape index (κ2) is 7.14. The average molecular weight is 274 g/mol. The maximum atomic E-state index is 5.45. The summed E-state index contributed by atoms with van der Waals surface area (Å²) in [6.45, 7) is 7.48. The van der Waals surface area contributed by atoms with Crippen molar-refractivity contribution in [3.8, 4) is 11.4 Å². The van der Waals surface area contributed by atoms with E-state index < -0.39 is 0 Å². The highest BCUT2D eigenvalue weighted by molar-refractivity contribution is 5.52. The van der Waals surface area contributed by atoms with E-state index in [9.17, 15) is 0 Å². The second-order valence-electron chi connectivity index (χ2n) is 4.95. The molecule has 0 saturated heterocycles. The van der Waals surface area contributed by atoms with Gasteiger partial charge in [-0.05, 0) is 38.4 Å². The molecule has 2 aromatic rings. The van der Waals surface area contributed by atoms with E-state index in [4.69, 9.17) is 4.52 Å². The van der Waals surface area contributed by atoms with Crippen molar-refractivity contribution in [1.29, 1.82) is 0 Å². The fourth-order valence-corrected chi connectivity index (χ4v) is 2.26. The molecule has 0 amide bonds. The molecule has 0 aliphatic carbocycles. The number of nitrogens with one attached hydrogen (secondary N) is 1. The van der Waals surface area contributed by atoms with Crippen LogP contribution in [0.1, 0.15) is 45.4 Å². The second-order valence-corrected chi connectivity index (χ2v) is 4.95. The van der Waals surface area contributed by atoms with Gasteiger partial charge in [-0.2, -0.15) is 4.98 Å². The van der Waals surface area contributed by atoms with Gasteiger partial charge in [-0.15, -0.1) is 0 Å². The Morgan fingerprint density at radius 1 is 1.25 bits per heavy atom. The van der Waals surface area contributed by atoms with Crippen LogP contribution in [0.15, 0.2) is 29.0 Å². The molecule has 5 nitrogen and oxygen atoms in total. The normalized spacial score (nSPS) is 14.2. The maximum absolute atomic E-state index is 5.45.